The van der Waals surface area contributed by atoms with Crippen molar-refractivity contribution in [3.8, 4) is 0 Å². The molecule has 3 heterocycles. The Hall–Kier alpha value is -2.33. The molecule has 2 fully saturated rings. The Balaban J connectivity index is 1.56. The number of carbonyl (C=O) groups is 3. The minimum absolute atomic E-state index is 0.00252. The Morgan fingerprint density at radius 3 is 2.71 bits per heavy atom. The Morgan fingerprint density at radius 1 is 1.36 bits per heavy atom. The van der Waals surface area contributed by atoms with E-state index in [4.69, 9.17) is 15.2 Å². The van der Waals surface area contributed by atoms with Crippen LogP contribution in [0.1, 0.15) is 26.3 Å². The molecular formula is C18H26N4O5S. The van der Waals surface area contributed by atoms with Crippen molar-refractivity contribution in [1.29, 1.82) is 0 Å². The molecule has 0 aliphatic carbocycles. The van der Waals surface area contributed by atoms with Gasteiger partial charge in [0.1, 0.15) is 23.3 Å². The van der Waals surface area contributed by atoms with E-state index in [2.05, 4.69) is 0 Å². The van der Waals surface area contributed by atoms with Crippen molar-refractivity contribution in [3.63, 3.8) is 0 Å². The number of piperazine rings is 1. The molecule has 1 aromatic rings. The van der Waals surface area contributed by atoms with Crippen LogP contribution in [-0.2, 0) is 20.8 Å². The molecule has 0 bridgehead atoms. The second-order valence-corrected chi connectivity index (χ2v) is 8.75. The number of carbonyl (C=O) groups excluding carboxylic acids is 3. The third-order valence-electron chi connectivity index (χ3n) is 4.39. The van der Waals surface area contributed by atoms with Crippen molar-refractivity contribution < 1.29 is 23.9 Å². The first-order valence-electron chi connectivity index (χ1n) is 9.17. The predicted molar refractivity (Wildman–Crippen MR) is 104 cm³/mol. The molecule has 0 spiro atoms. The first-order chi connectivity index (χ1) is 13.2. The van der Waals surface area contributed by atoms with E-state index in [1.54, 1.807) is 30.6 Å². The SMILES string of the molecule is CC(C)(C)OC(=O)N1CCN(Cc2csc(N3C[C@H](CN)OC3=O)c2)C(=O)C1. The van der Waals surface area contributed by atoms with E-state index in [9.17, 15) is 14.4 Å². The number of rotatable bonds is 4. The van der Waals surface area contributed by atoms with Gasteiger partial charge in [0, 0.05) is 26.2 Å². The number of hydrogen-bond donors (Lipinski definition) is 1. The number of amides is 3. The monoisotopic (exact) mass is 410 g/mol. The summed E-state index contributed by atoms with van der Waals surface area (Å²) in [7, 11) is 0. The molecule has 0 unspecified atom stereocenters. The summed E-state index contributed by atoms with van der Waals surface area (Å²) < 4.78 is 10.5. The van der Waals surface area contributed by atoms with Crippen LogP contribution in [0.15, 0.2) is 11.4 Å². The molecule has 0 aromatic carbocycles. The Labute approximate surface area is 168 Å². The molecule has 2 saturated heterocycles. The zero-order valence-corrected chi connectivity index (χ0v) is 17.2. The normalized spacial score (nSPS) is 20.6. The molecule has 0 radical (unpaired) electrons. The maximum Gasteiger partial charge on any atom is 0.415 e. The highest BCUT2D eigenvalue weighted by Crippen LogP contribution is 2.29. The zero-order valence-electron chi connectivity index (χ0n) is 16.3. The average Bonchev–Trinajstić information content (AvgIpc) is 3.21. The summed E-state index contributed by atoms with van der Waals surface area (Å²) in [5.74, 6) is -0.131. The van der Waals surface area contributed by atoms with E-state index in [0.29, 0.717) is 26.2 Å². The van der Waals surface area contributed by atoms with Crippen LogP contribution in [0.2, 0.25) is 0 Å². The van der Waals surface area contributed by atoms with E-state index in [0.717, 1.165) is 10.6 Å². The van der Waals surface area contributed by atoms with E-state index in [-0.39, 0.29) is 25.1 Å². The van der Waals surface area contributed by atoms with E-state index < -0.39 is 17.8 Å². The number of ether oxygens (including phenoxy) is 2. The molecule has 3 rings (SSSR count). The van der Waals surface area contributed by atoms with Crippen LogP contribution in [0.25, 0.3) is 0 Å². The fourth-order valence-electron chi connectivity index (χ4n) is 2.99. The molecule has 154 valence electrons. The zero-order chi connectivity index (χ0) is 20.5. The van der Waals surface area contributed by atoms with Crippen molar-refractivity contribution in [1.82, 2.24) is 9.80 Å². The number of hydrogen-bond acceptors (Lipinski definition) is 7. The van der Waals surface area contributed by atoms with Crippen molar-refractivity contribution in [2.75, 3.05) is 37.6 Å². The summed E-state index contributed by atoms with van der Waals surface area (Å²) in [5, 5.41) is 2.70. The molecular weight excluding hydrogens is 384 g/mol. The Morgan fingerprint density at radius 2 is 2.11 bits per heavy atom. The van der Waals surface area contributed by atoms with Gasteiger partial charge in [-0.25, -0.2) is 9.59 Å². The fourth-order valence-corrected chi connectivity index (χ4v) is 3.90. The lowest BCUT2D eigenvalue weighted by molar-refractivity contribution is -0.136. The molecule has 2 N–H and O–H groups in total. The van der Waals surface area contributed by atoms with Gasteiger partial charge in [0.05, 0.1) is 6.54 Å². The minimum atomic E-state index is -0.593. The second-order valence-electron chi connectivity index (χ2n) is 7.86. The molecule has 0 saturated carbocycles. The lowest BCUT2D eigenvalue weighted by Gasteiger charge is -2.35. The largest absolute Gasteiger partial charge is 0.444 e. The number of nitrogens with zero attached hydrogens (tertiary/aromatic N) is 3. The molecule has 1 atom stereocenters. The summed E-state index contributed by atoms with van der Waals surface area (Å²) in [6, 6.07) is 1.89. The summed E-state index contributed by atoms with van der Waals surface area (Å²) in [6.45, 7) is 7.40. The fraction of sp³-hybridized carbons (Fsp3) is 0.611. The van der Waals surface area contributed by atoms with Gasteiger partial charge in [-0.3, -0.25) is 14.6 Å². The van der Waals surface area contributed by atoms with Gasteiger partial charge in [-0.2, -0.15) is 0 Å². The van der Waals surface area contributed by atoms with Gasteiger partial charge in [-0.15, -0.1) is 11.3 Å². The van der Waals surface area contributed by atoms with Crippen LogP contribution in [0.4, 0.5) is 14.6 Å². The third kappa shape index (κ3) is 4.74. The topological polar surface area (TPSA) is 105 Å². The van der Waals surface area contributed by atoms with Gasteiger partial charge < -0.3 is 20.1 Å². The van der Waals surface area contributed by atoms with Crippen molar-refractivity contribution in [2.24, 2.45) is 5.73 Å². The number of thiophene rings is 1. The minimum Gasteiger partial charge on any atom is -0.444 e. The van der Waals surface area contributed by atoms with Gasteiger partial charge in [0.15, 0.2) is 0 Å². The highest BCUT2D eigenvalue weighted by Gasteiger charge is 2.33. The average molecular weight is 410 g/mol. The van der Waals surface area contributed by atoms with Crippen LogP contribution < -0.4 is 10.6 Å². The number of cyclic esters (lactones) is 1. The summed E-state index contributed by atoms with van der Waals surface area (Å²) in [5.41, 5.74) is 5.91. The maximum atomic E-state index is 12.5. The first-order valence-corrected chi connectivity index (χ1v) is 10.1. The number of nitrogens with two attached hydrogens (primary N) is 1. The summed E-state index contributed by atoms with van der Waals surface area (Å²) in [6.07, 6.45) is -1.16. The summed E-state index contributed by atoms with van der Waals surface area (Å²) in [4.78, 5) is 41.2. The Bertz CT molecular complexity index is 759. The lowest BCUT2D eigenvalue weighted by Crippen LogP contribution is -2.52. The second kappa shape index (κ2) is 7.96. The molecule has 9 nitrogen and oxygen atoms in total. The smallest absolute Gasteiger partial charge is 0.415 e. The van der Waals surface area contributed by atoms with Crippen LogP contribution in [-0.4, -0.2) is 72.3 Å². The van der Waals surface area contributed by atoms with Gasteiger partial charge in [-0.05, 0) is 37.8 Å². The van der Waals surface area contributed by atoms with Crippen LogP contribution in [0.3, 0.4) is 0 Å². The van der Waals surface area contributed by atoms with Crippen LogP contribution in [0.5, 0.6) is 0 Å². The van der Waals surface area contributed by atoms with Gasteiger partial charge in [-0.1, -0.05) is 0 Å². The van der Waals surface area contributed by atoms with E-state index in [1.165, 1.54) is 16.2 Å². The Kier molecular flexibility index (Phi) is 5.80. The van der Waals surface area contributed by atoms with Gasteiger partial charge in [0.2, 0.25) is 5.91 Å². The molecule has 1 aromatic heterocycles. The molecule has 3 amide bonds. The molecule has 2 aliphatic heterocycles. The van der Waals surface area contributed by atoms with E-state index in [1.807, 2.05) is 11.4 Å². The van der Waals surface area contributed by atoms with E-state index >= 15 is 0 Å². The maximum absolute atomic E-state index is 12.5. The number of anilines is 1. The van der Waals surface area contributed by atoms with Crippen molar-refractivity contribution in [2.45, 2.75) is 39.0 Å². The standard InChI is InChI=1S/C18H26N4O5S/c1-18(2,3)27-16(24)21-5-4-20(14(23)10-21)8-12-6-15(28-11-12)22-9-13(7-19)26-17(22)25/h6,11,13H,4-5,7-10,19H2,1-3H3/t13-/m0/s1. The molecule has 10 heteroatoms. The van der Waals surface area contributed by atoms with Crippen molar-refractivity contribution in [3.05, 3.63) is 17.0 Å². The highest BCUT2D eigenvalue weighted by molar-refractivity contribution is 7.14. The third-order valence-corrected chi connectivity index (χ3v) is 5.39. The van der Waals surface area contributed by atoms with Gasteiger partial charge >= 0.3 is 12.2 Å². The molecule has 28 heavy (non-hydrogen) atoms. The van der Waals surface area contributed by atoms with Crippen molar-refractivity contribution >= 4 is 34.4 Å². The van der Waals surface area contributed by atoms with Crippen LogP contribution >= 0.6 is 11.3 Å². The first kappa shape index (κ1) is 20.4. The highest BCUT2D eigenvalue weighted by atomic mass is 32.1. The molecule has 2 aliphatic rings. The van der Waals surface area contributed by atoms with Crippen LogP contribution in [0, 0.1) is 0 Å². The lowest BCUT2D eigenvalue weighted by atomic mass is 10.2. The quantitative estimate of drug-likeness (QED) is 0.808. The van der Waals surface area contributed by atoms with Gasteiger partial charge in [0.25, 0.3) is 0 Å². The summed E-state index contributed by atoms with van der Waals surface area (Å²) >= 11 is 1.43. The predicted octanol–water partition coefficient (Wildman–Crippen LogP) is 1.61.